The maximum Gasteiger partial charge on any atom is 0.173 e. The monoisotopic (exact) mass is 348 g/mol. The van der Waals surface area contributed by atoms with E-state index < -0.39 is 0 Å². The Kier molecular flexibility index (Phi) is 5.48. The molecule has 1 aromatic heterocycles. The molecule has 0 saturated carbocycles. The second-order valence-electron chi connectivity index (χ2n) is 5.70. The van der Waals surface area contributed by atoms with Crippen LogP contribution in [0.1, 0.15) is 5.56 Å². The molecule has 23 heavy (non-hydrogen) atoms. The molecule has 4 nitrogen and oxygen atoms in total. The first-order valence-electron chi connectivity index (χ1n) is 7.79. The van der Waals surface area contributed by atoms with Gasteiger partial charge in [-0.3, -0.25) is 0 Å². The maximum atomic E-state index is 5.55. The molecule has 0 aliphatic carbocycles. The van der Waals surface area contributed by atoms with E-state index in [4.69, 9.17) is 17.0 Å². The molecule has 0 bridgehead atoms. The van der Waals surface area contributed by atoms with Gasteiger partial charge >= 0.3 is 0 Å². The summed E-state index contributed by atoms with van der Waals surface area (Å²) in [5.41, 5.74) is 2.45. The minimum atomic E-state index is 0.810. The van der Waals surface area contributed by atoms with E-state index in [9.17, 15) is 0 Å². The summed E-state index contributed by atoms with van der Waals surface area (Å²) in [6, 6.07) is 10.1. The highest BCUT2D eigenvalue weighted by Gasteiger charge is 2.21. The van der Waals surface area contributed by atoms with E-state index in [1.807, 2.05) is 24.3 Å². The number of thiophene rings is 1. The van der Waals surface area contributed by atoms with Gasteiger partial charge in [-0.15, -0.1) is 0 Å². The third kappa shape index (κ3) is 4.43. The summed E-state index contributed by atoms with van der Waals surface area (Å²) < 4.78 is 5.17. The van der Waals surface area contributed by atoms with Gasteiger partial charge in [0.05, 0.1) is 33.3 Å². The van der Waals surface area contributed by atoms with Crippen LogP contribution in [0.3, 0.4) is 0 Å². The van der Waals surface area contributed by atoms with Crippen molar-refractivity contribution in [2.45, 2.75) is 6.54 Å². The molecule has 122 valence electrons. The normalized spacial score (nSPS) is 15.4. The fraction of sp³-hybridized carbons (Fsp3) is 0.353. The van der Waals surface area contributed by atoms with Gasteiger partial charge in [0.2, 0.25) is 0 Å². The zero-order chi connectivity index (χ0) is 16.1. The summed E-state index contributed by atoms with van der Waals surface area (Å²) in [6.07, 6.45) is 0. The SMILES string of the molecule is COc1ccc(NC(=S)N2CC[NH+](Cc3ccsc3)CC2)cc1. The summed E-state index contributed by atoms with van der Waals surface area (Å²) in [6.45, 7) is 5.37. The fourth-order valence-electron chi connectivity index (χ4n) is 2.76. The van der Waals surface area contributed by atoms with Crippen molar-refractivity contribution in [2.75, 3.05) is 38.6 Å². The number of rotatable bonds is 4. The van der Waals surface area contributed by atoms with Gasteiger partial charge in [0.25, 0.3) is 0 Å². The average molecular weight is 349 g/mol. The third-order valence-electron chi connectivity index (χ3n) is 4.13. The molecule has 0 spiro atoms. The number of thiocarbonyl (C=S) groups is 1. The smallest absolute Gasteiger partial charge is 0.173 e. The van der Waals surface area contributed by atoms with Crippen LogP contribution in [0.25, 0.3) is 0 Å². The molecule has 1 aliphatic rings. The van der Waals surface area contributed by atoms with Crippen LogP contribution >= 0.6 is 23.6 Å². The number of hydrogen-bond acceptors (Lipinski definition) is 3. The molecule has 1 saturated heterocycles. The van der Waals surface area contributed by atoms with Crippen molar-refractivity contribution in [1.82, 2.24) is 4.90 Å². The summed E-state index contributed by atoms with van der Waals surface area (Å²) in [4.78, 5) is 3.89. The predicted octanol–water partition coefficient (Wildman–Crippen LogP) is 1.85. The van der Waals surface area contributed by atoms with Crippen molar-refractivity contribution < 1.29 is 9.64 Å². The first-order chi connectivity index (χ1) is 11.2. The molecule has 1 fully saturated rings. The number of quaternary nitrogens is 1. The molecule has 0 amide bonds. The molecule has 2 N–H and O–H groups in total. The molecule has 0 unspecified atom stereocenters. The van der Waals surface area contributed by atoms with Gasteiger partial charge in [0.1, 0.15) is 12.3 Å². The molecule has 0 atom stereocenters. The number of benzene rings is 1. The summed E-state index contributed by atoms with van der Waals surface area (Å²) in [7, 11) is 1.67. The minimum Gasteiger partial charge on any atom is -0.497 e. The van der Waals surface area contributed by atoms with E-state index in [2.05, 4.69) is 27.0 Å². The molecule has 1 aliphatic heterocycles. The quantitative estimate of drug-likeness (QED) is 0.825. The van der Waals surface area contributed by atoms with Gasteiger partial charge in [-0.1, -0.05) is 0 Å². The van der Waals surface area contributed by atoms with Crippen molar-refractivity contribution in [3.63, 3.8) is 0 Å². The van der Waals surface area contributed by atoms with Gasteiger partial charge in [-0.25, -0.2) is 0 Å². The van der Waals surface area contributed by atoms with E-state index in [0.29, 0.717) is 0 Å². The van der Waals surface area contributed by atoms with Crippen LogP contribution in [-0.4, -0.2) is 43.3 Å². The van der Waals surface area contributed by atoms with Crippen LogP contribution in [0.15, 0.2) is 41.1 Å². The van der Waals surface area contributed by atoms with Crippen molar-refractivity contribution in [3.8, 4) is 5.75 Å². The van der Waals surface area contributed by atoms with Gasteiger partial charge in [0.15, 0.2) is 5.11 Å². The molecule has 2 aromatic rings. The third-order valence-corrected chi connectivity index (χ3v) is 5.23. The lowest BCUT2D eigenvalue weighted by Crippen LogP contribution is -3.13. The number of piperazine rings is 1. The molecule has 6 heteroatoms. The zero-order valence-electron chi connectivity index (χ0n) is 13.2. The van der Waals surface area contributed by atoms with Crippen LogP contribution in [-0.2, 0) is 6.54 Å². The maximum absolute atomic E-state index is 5.55. The Morgan fingerprint density at radius 2 is 2.00 bits per heavy atom. The molecule has 2 heterocycles. The fourth-order valence-corrected chi connectivity index (χ4v) is 3.73. The summed E-state index contributed by atoms with van der Waals surface area (Å²) in [5.74, 6) is 0.854. The Hall–Kier alpha value is -1.63. The Balaban J connectivity index is 1.47. The lowest BCUT2D eigenvalue weighted by atomic mass is 10.2. The Labute approximate surface area is 146 Å². The zero-order valence-corrected chi connectivity index (χ0v) is 14.9. The van der Waals surface area contributed by atoms with Crippen LogP contribution < -0.4 is 15.0 Å². The molecule has 3 rings (SSSR count). The van der Waals surface area contributed by atoms with Crippen molar-refractivity contribution >= 4 is 34.4 Å². The Bertz CT molecular complexity index is 620. The second kappa shape index (κ2) is 7.77. The van der Waals surface area contributed by atoms with Gasteiger partial charge in [-0.05, 0) is 53.3 Å². The average Bonchev–Trinajstić information content (AvgIpc) is 3.09. The highest BCUT2D eigenvalue weighted by molar-refractivity contribution is 7.80. The van der Waals surface area contributed by atoms with Gasteiger partial charge in [0, 0.05) is 11.3 Å². The summed E-state index contributed by atoms with van der Waals surface area (Å²) in [5, 5.41) is 8.52. The van der Waals surface area contributed by atoms with Crippen molar-refractivity contribution in [1.29, 1.82) is 0 Å². The van der Waals surface area contributed by atoms with E-state index in [1.54, 1.807) is 23.3 Å². The molecular formula is C17H22N3OS2+. The van der Waals surface area contributed by atoms with E-state index >= 15 is 0 Å². The number of hydrogen-bond donors (Lipinski definition) is 2. The van der Waals surface area contributed by atoms with E-state index in [1.165, 1.54) is 5.56 Å². The first-order valence-corrected chi connectivity index (χ1v) is 9.14. The van der Waals surface area contributed by atoms with Crippen LogP contribution in [0.2, 0.25) is 0 Å². The first kappa shape index (κ1) is 16.2. The van der Waals surface area contributed by atoms with Crippen LogP contribution in [0, 0.1) is 0 Å². The largest absolute Gasteiger partial charge is 0.497 e. The molecular weight excluding hydrogens is 326 g/mol. The highest BCUT2D eigenvalue weighted by Crippen LogP contribution is 2.15. The second-order valence-corrected chi connectivity index (χ2v) is 6.87. The van der Waals surface area contributed by atoms with Crippen molar-refractivity contribution in [2.24, 2.45) is 0 Å². The van der Waals surface area contributed by atoms with Crippen LogP contribution in [0.4, 0.5) is 5.69 Å². The predicted molar refractivity (Wildman–Crippen MR) is 99.5 cm³/mol. The standard InChI is InChI=1S/C17H21N3OS2/c1-21-16-4-2-15(3-5-16)18-17(22)20-9-7-19(8-10-20)12-14-6-11-23-13-14/h2-6,11,13H,7-10,12H2,1H3,(H,18,22)/p+1. The highest BCUT2D eigenvalue weighted by atomic mass is 32.1. The van der Waals surface area contributed by atoms with E-state index in [0.717, 1.165) is 49.3 Å². The number of nitrogens with one attached hydrogen (secondary N) is 2. The van der Waals surface area contributed by atoms with Crippen LogP contribution in [0.5, 0.6) is 5.75 Å². The lowest BCUT2D eigenvalue weighted by Gasteiger charge is -2.33. The molecule has 1 aromatic carbocycles. The van der Waals surface area contributed by atoms with Gasteiger partial charge < -0.3 is 19.9 Å². The number of nitrogens with zero attached hydrogens (tertiary/aromatic N) is 1. The number of ether oxygens (including phenoxy) is 1. The topological polar surface area (TPSA) is 28.9 Å². The Morgan fingerprint density at radius 3 is 2.61 bits per heavy atom. The van der Waals surface area contributed by atoms with Crippen molar-refractivity contribution in [3.05, 3.63) is 46.7 Å². The lowest BCUT2D eigenvalue weighted by molar-refractivity contribution is -0.917. The Morgan fingerprint density at radius 1 is 1.26 bits per heavy atom. The number of methoxy groups -OCH3 is 1. The summed E-state index contributed by atoms with van der Waals surface area (Å²) >= 11 is 7.32. The minimum absolute atomic E-state index is 0.810. The van der Waals surface area contributed by atoms with Gasteiger partial charge in [-0.2, -0.15) is 11.3 Å². The molecule has 0 radical (unpaired) electrons. The number of anilines is 1. The van der Waals surface area contributed by atoms with E-state index in [-0.39, 0.29) is 0 Å².